The molecular weight excluding hydrogens is 252 g/mol. The van der Waals surface area contributed by atoms with E-state index < -0.39 is 0 Å². The molecule has 4 heteroatoms. The maximum Gasteiger partial charge on any atom is 0.224 e. The molecule has 0 spiro atoms. The average Bonchev–Trinajstić information content (AvgIpc) is 2.89. The van der Waals surface area contributed by atoms with Crippen molar-refractivity contribution in [2.24, 2.45) is 0 Å². The summed E-state index contributed by atoms with van der Waals surface area (Å²) in [5.74, 6) is 0.998. The number of fused-ring (bicyclic) bond motifs is 1. The molecule has 0 bridgehead atoms. The number of furan rings is 1. The monoisotopic (exact) mass is 270 g/mol. The minimum absolute atomic E-state index is 0.0363. The van der Waals surface area contributed by atoms with Gasteiger partial charge in [0.05, 0.1) is 12.3 Å². The van der Waals surface area contributed by atoms with Gasteiger partial charge in [-0.05, 0) is 49.2 Å². The molecule has 3 rings (SSSR count). The van der Waals surface area contributed by atoms with E-state index in [4.69, 9.17) is 4.42 Å². The fourth-order valence-corrected chi connectivity index (χ4v) is 2.70. The fourth-order valence-electron chi connectivity index (χ4n) is 2.70. The summed E-state index contributed by atoms with van der Waals surface area (Å²) in [6.45, 7) is 0. The first-order chi connectivity index (χ1) is 9.78. The van der Waals surface area contributed by atoms with Crippen LogP contribution in [0.25, 0.3) is 0 Å². The number of hydrogen-bond acceptors (Lipinski definition) is 3. The predicted molar refractivity (Wildman–Crippen MR) is 77.6 cm³/mol. The van der Waals surface area contributed by atoms with Crippen molar-refractivity contribution in [3.63, 3.8) is 0 Å². The maximum atomic E-state index is 11.6. The van der Waals surface area contributed by atoms with Gasteiger partial charge in [-0.15, -0.1) is 0 Å². The molecule has 1 atom stereocenters. The Labute approximate surface area is 118 Å². The van der Waals surface area contributed by atoms with Crippen molar-refractivity contribution >= 4 is 11.6 Å². The summed E-state index contributed by atoms with van der Waals surface area (Å²) in [4.78, 5) is 11.6. The number of hydrogen-bond donors (Lipinski definition) is 2. The highest BCUT2D eigenvalue weighted by Crippen LogP contribution is 2.28. The zero-order valence-electron chi connectivity index (χ0n) is 11.5. The van der Waals surface area contributed by atoms with Gasteiger partial charge in [0.25, 0.3) is 0 Å². The molecule has 1 amide bonds. The van der Waals surface area contributed by atoms with Crippen molar-refractivity contribution in [2.45, 2.75) is 25.3 Å². The second kappa shape index (κ2) is 5.51. The standard InChI is InChI=1S/C16H18N2O2/c1-17-16(14-5-3-9-20-14)12-7-8-13-11(10-12)4-2-6-15(19)18-13/h3,5,7-10,16-17H,2,4,6H2,1H3,(H,18,19). The Balaban J connectivity index is 1.95. The van der Waals surface area contributed by atoms with Crippen LogP contribution in [0, 0.1) is 0 Å². The highest BCUT2D eigenvalue weighted by atomic mass is 16.3. The third kappa shape index (κ3) is 2.47. The summed E-state index contributed by atoms with van der Waals surface area (Å²) in [5.41, 5.74) is 3.28. The molecule has 20 heavy (non-hydrogen) atoms. The second-order valence-electron chi connectivity index (χ2n) is 5.06. The lowest BCUT2D eigenvalue weighted by molar-refractivity contribution is -0.116. The second-order valence-corrected chi connectivity index (χ2v) is 5.06. The zero-order chi connectivity index (χ0) is 13.9. The summed E-state index contributed by atoms with van der Waals surface area (Å²) in [7, 11) is 1.92. The Morgan fingerprint density at radius 1 is 1.30 bits per heavy atom. The summed E-state index contributed by atoms with van der Waals surface area (Å²) >= 11 is 0. The lowest BCUT2D eigenvalue weighted by Crippen LogP contribution is -2.17. The topological polar surface area (TPSA) is 54.3 Å². The number of carbonyl (C=O) groups is 1. The van der Waals surface area contributed by atoms with Crippen molar-refractivity contribution < 1.29 is 9.21 Å². The lowest BCUT2D eigenvalue weighted by atomic mass is 9.99. The summed E-state index contributed by atoms with van der Waals surface area (Å²) in [5, 5.41) is 6.23. The first-order valence-corrected chi connectivity index (χ1v) is 6.91. The van der Waals surface area contributed by atoms with Gasteiger partial charge in [-0.2, -0.15) is 0 Å². The molecule has 0 radical (unpaired) electrons. The number of benzene rings is 1. The number of aryl methyl sites for hydroxylation is 1. The predicted octanol–water partition coefficient (Wildman–Crippen LogP) is 2.86. The summed E-state index contributed by atoms with van der Waals surface area (Å²) < 4.78 is 5.49. The van der Waals surface area contributed by atoms with Crippen LogP contribution in [0.3, 0.4) is 0 Å². The van der Waals surface area contributed by atoms with E-state index >= 15 is 0 Å². The van der Waals surface area contributed by atoms with E-state index in [2.05, 4.69) is 16.7 Å². The zero-order valence-corrected chi connectivity index (χ0v) is 11.5. The van der Waals surface area contributed by atoms with Crippen LogP contribution in [-0.4, -0.2) is 13.0 Å². The van der Waals surface area contributed by atoms with Crippen molar-refractivity contribution in [1.29, 1.82) is 0 Å². The number of anilines is 1. The molecule has 2 heterocycles. The Morgan fingerprint density at radius 2 is 2.20 bits per heavy atom. The highest BCUT2D eigenvalue weighted by molar-refractivity contribution is 5.92. The minimum atomic E-state index is 0.0363. The van der Waals surface area contributed by atoms with E-state index in [1.54, 1.807) is 6.26 Å². The van der Waals surface area contributed by atoms with Crippen molar-refractivity contribution in [3.05, 3.63) is 53.5 Å². The van der Waals surface area contributed by atoms with E-state index in [-0.39, 0.29) is 11.9 Å². The molecule has 1 aliphatic rings. The molecule has 1 aromatic carbocycles. The van der Waals surface area contributed by atoms with E-state index in [0.29, 0.717) is 6.42 Å². The minimum Gasteiger partial charge on any atom is -0.467 e. The number of amides is 1. The third-order valence-electron chi connectivity index (χ3n) is 3.70. The van der Waals surface area contributed by atoms with Crippen LogP contribution in [0.4, 0.5) is 5.69 Å². The van der Waals surface area contributed by atoms with Crippen LogP contribution >= 0.6 is 0 Å². The van der Waals surface area contributed by atoms with Crippen molar-refractivity contribution in [3.8, 4) is 0 Å². The van der Waals surface area contributed by atoms with Gasteiger partial charge in [0.15, 0.2) is 0 Å². The van der Waals surface area contributed by atoms with Gasteiger partial charge in [0, 0.05) is 12.1 Å². The molecule has 104 valence electrons. The Hall–Kier alpha value is -2.07. The maximum absolute atomic E-state index is 11.6. The molecule has 0 saturated heterocycles. The first kappa shape index (κ1) is 12.9. The van der Waals surface area contributed by atoms with Gasteiger partial charge in [-0.1, -0.05) is 12.1 Å². The third-order valence-corrected chi connectivity index (χ3v) is 3.70. The molecule has 4 nitrogen and oxygen atoms in total. The Morgan fingerprint density at radius 3 is 2.95 bits per heavy atom. The highest BCUT2D eigenvalue weighted by Gasteiger charge is 2.18. The number of nitrogens with one attached hydrogen (secondary N) is 2. The molecule has 1 aliphatic heterocycles. The molecule has 1 aromatic heterocycles. The van der Waals surface area contributed by atoms with Crippen LogP contribution < -0.4 is 10.6 Å². The van der Waals surface area contributed by atoms with Crippen LogP contribution in [-0.2, 0) is 11.2 Å². The van der Waals surface area contributed by atoms with Crippen LogP contribution in [0.2, 0.25) is 0 Å². The van der Waals surface area contributed by atoms with Gasteiger partial charge in [0.2, 0.25) is 5.91 Å². The first-order valence-electron chi connectivity index (χ1n) is 6.91. The van der Waals surface area contributed by atoms with Gasteiger partial charge in [0.1, 0.15) is 5.76 Å². The van der Waals surface area contributed by atoms with Crippen molar-refractivity contribution in [2.75, 3.05) is 12.4 Å². The Bertz CT molecular complexity index is 605. The SMILES string of the molecule is CNC(c1ccc2c(c1)CCCC(=O)N2)c1ccco1. The quantitative estimate of drug-likeness (QED) is 0.901. The van der Waals surface area contributed by atoms with Gasteiger partial charge < -0.3 is 15.1 Å². The lowest BCUT2D eigenvalue weighted by Gasteiger charge is -2.16. The van der Waals surface area contributed by atoms with Crippen LogP contribution in [0.5, 0.6) is 0 Å². The van der Waals surface area contributed by atoms with Crippen molar-refractivity contribution in [1.82, 2.24) is 5.32 Å². The molecule has 2 aromatic rings. The van der Waals surface area contributed by atoms with Gasteiger partial charge >= 0.3 is 0 Å². The molecule has 0 aliphatic carbocycles. The summed E-state index contributed by atoms with van der Waals surface area (Å²) in [6, 6.07) is 10.1. The van der Waals surface area contributed by atoms with E-state index in [1.165, 1.54) is 5.56 Å². The van der Waals surface area contributed by atoms with Gasteiger partial charge in [-0.3, -0.25) is 4.79 Å². The van der Waals surface area contributed by atoms with E-state index in [9.17, 15) is 4.79 Å². The normalized spacial score (nSPS) is 16.1. The fraction of sp³-hybridized carbons (Fsp3) is 0.312. The Kier molecular flexibility index (Phi) is 3.56. The summed E-state index contributed by atoms with van der Waals surface area (Å²) in [6.07, 6.45) is 4.10. The van der Waals surface area contributed by atoms with Gasteiger partial charge in [-0.25, -0.2) is 0 Å². The van der Waals surface area contributed by atoms with E-state index in [0.717, 1.165) is 29.9 Å². The van der Waals surface area contributed by atoms with E-state index in [1.807, 2.05) is 31.3 Å². The molecule has 2 N–H and O–H groups in total. The average molecular weight is 270 g/mol. The number of rotatable bonds is 3. The molecule has 0 fully saturated rings. The molecule has 0 saturated carbocycles. The van der Waals surface area contributed by atoms with Crippen LogP contribution in [0.1, 0.15) is 35.8 Å². The van der Waals surface area contributed by atoms with Crippen LogP contribution in [0.15, 0.2) is 41.0 Å². The molecular formula is C16H18N2O2. The number of carbonyl (C=O) groups excluding carboxylic acids is 1. The largest absolute Gasteiger partial charge is 0.467 e. The smallest absolute Gasteiger partial charge is 0.224 e. The molecule has 1 unspecified atom stereocenters.